The third kappa shape index (κ3) is 6.66. The number of thioether (sulfide) groups is 1. The van der Waals surface area contributed by atoms with Crippen LogP contribution in [0.3, 0.4) is 0 Å². The normalized spacial score (nSPS) is 21.8. The minimum atomic E-state index is -0.392. The number of hydrogen-bond acceptors (Lipinski definition) is 4. The van der Waals surface area contributed by atoms with E-state index in [1.807, 2.05) is 6.26 Å². The predicted octanol–water partition coefficient (Wildman–Crippen LogP) is 4.62. The third-order valence-electron chi connectivity index (χ3n) is 4.83. The zero-order chi connectivity index (χ0) is 17.9. The molecule has 5 heteroatoms. The van der Waals surface area contributed by atoms with Crippen LogP contribution in [0.15, 0.2) is 0 Å². The zero-order valence-electron chi connectivity index (χ0n) is 15.9. The van der Waals surface area contributed by atoms with E-state index in [1.54, 1.807) is 23.6 Å². The topological polar surface area (TPSA) is 46.6 Å². The van der Waals surface area contributed by atoms with Crippen LogP contribution < -0.4 is 0 Å². The van der Waals surface area contributed by atoms with Crippen LogP contribution in [0, 0.1) is 5.92 Å². The number of nitrogens with zero attached hydrogens (tertiary/aromatic N) is 1. The molecule has 0 N–H and O–H groups in total. The van der Waals surface area contributed by atoms with Crippen LogP contribution in [0.1, 0.15) is 78.6 Å². The number of esters is 1. The van der Waals surface area contributed by atoms with Crippen molar-refractivity contribution in [2.45, 2.75) is 90.8 Å². The molecule has 24 heavy (non-hydrogen) atoms. The molecular weight excluding hydrogens is 322 g/mol. The van der Waals surface area contributed by atoms with Gasteiger partial charge in [0.1, 0.15) is 6.04 Å². The molecule has 1 fully saturated rings. The number of amides is 1. The van der Waals surface area contributed by atoms with Gasteiger partial charge in [0.2, 0.25) is 5.91 Å². The van der Waals surface area contributed by atoms with Gasteiger partial charge in [-0.25, -0.2) is 4.79 Å². The third-order valence-corrected chi connectivity index (χ3v) is 5.47. The van der Waals surface area contributed by atoms with Crippen LogP contribution in [-0.2, 0) is 14.3 Å². The van der Waals surface area contributed by atoms with Gasteiger partial charge in [0, 0.05) is 12.8 Å². The Morgan fingerprint density at radius 1 is 1.21 bits per heavy atom. The first-order valence-corrected chi connectivity index (χ1v) is 10.9. The average molecular weight is 358 g/mol. The predicted molar refractivity (Wildman–Crippen MR) is 101 cm³/mol. The Morgan fingerprint density at radius 2 is 1.83 bits per heavy atom. The largest absolute Gasteiger partial charge is 0.440 e. The molecule has 0 aliphatic carbocycles. The molecule has 0 radical (unpaired) electrons. The maximum atomic E-state index is 12.2. The SMILES string of the molecule is CCCCCCCCCC(C)C1OC(=O)[C@H](CCSC)N1C(C)=O. The van der Waals surface area contributed by atoms with Crippen LogP contribution in [0.2, 0.25) is 0 Å². The van der Waals surface area contributed by atoms with Crippen LogP contribution in [0.4, 0.5) is 0 Å². The molecule has 0 aromatic heterocycles. The Bertz CT molecular complexity index is 389. The van der Waals surface area contributed by atoms with Crippen molar-refractivity contribution in [1.82, 2.24) is 4.90 Å². The number of carbonyl (C=O) groups excluding carboxylic acids is 2. The fraction of sp³-hybridized carbons (Fsp3) is 0.895. The molecule has 0 spiro atoms. The quantitative estimate of drug-likeness (QED) is 0.378. The lowest BCUT2D eigenvalue weighted by atomic mass is 9.99. The molecule has 0 aromatic rings. The van der Waals surface area contributed by atoms with Gasteiger partial charge in [-0.05, 0) is 24.9 Å². The molecule has 3 atom stereocenters. The maximum Gasteiger partial charge on any atom is 0.330 e. The summed E-state index contributed by atoms with van der Waals surface area (Å²) in [6.45, 7) is 5.88. The Labute approximate surface area is 152 Å². The number of carbonyl (C=O) groups is 2. The number of hydrogen-bond donors (Lipinski definition) is 0. The van der Waals surface area contributed by atoms with Crippen LogP contribution >= 0.6 is 11.8 Å². The Kier molecular flexibility index (Phi) is 10.5. The summed E-state index contributed by atoms with van der Waals surface area (Å²) in [6, 6.07) is -0.392. The number of ether oxygens (including phenoxy) is 1. The Morgan fingerprint density at radius 3 is 2.42 bits per heavy atom. The highest BCUT2D eigenvalue weighted by Crippen LogP contribution is 2.29. The molecule has 1 aliphatic heterocycles. The van der Waals surface area contributed by atoms with E-state index in [0.29, 0.717) is 6.42 Å². The number of unbranched alkanes of at least 4 members (excludes halogenated alkanes) is 6. The van der Waals surface area contributed by atoms with E-state index in [9.17, 15) is 9.59 Å². The first-order chi connectivity index (χ1) is 11.5. The average Bonchev–Trinajstić information content (AvgIpc) is 2.88. The molecule has 1 saturated heterocycles. The van der Waals surface area contributed by atoms with E-state index >= 15 is 0 Å². The van der Waals surface area contributed by atoms with Crippen LogP contribution in [-0.4, -0.2) is 41.1 Å². The van der Waals surface area contributed by atoms with Crippen LogP contribution in [0.25, 0.3) is 0 Å². The van der Waals surface area contributed by atoms with Crippen molar-refractivity contribution in [3.05, 3.63) is 0 Å². The molecular formula is C19H35NO3S. The minimum absolute atomic E-state index is 0.0524. The summed E-state index contributed by atoms with van der Waals surface area (Å²) in [5.74, 6) is 0.786. The summed E-state index contributed by atoms with van der Waals surface area (Å²) < 4.78 is 5.57. The van der Waals surface area contributed by atoms with Gasteiger partial charge in [0.25, 0.3) is 0 Å². The van der Waals surface area contributed by atoms with E-state index in [4.69, 9.17) is 4.74 Å². The number of cyclic esters (lactones) is 1. The summed E-state index contributed by atoms with van der Waals surface area (Å²) in [5, 5.41) is 0. The van der Waals surface area contributed by atoms with Crippen molar-refractivity contribution in [1.29, 1.82) is 0 Å². The molecule has 0 bridgehead atoms. The van der Waals surface area contributed by atoms with E-state index in [0.717, 1.165) is 18.6 Å². The Hall–Kier alpha value is -0.710. The first-order valence-electron chi connectivity index (χ1n) is 9.51. The highest BCUT2D eigenvalue weighted by molar-refractivity contribution is 7.98. The second kappa shape index (κ2) is 11.8. The lowest BCUT2D eigenvalue weighted by Gasteiger charge is -2.29. The van der Waals surface area contributed by atoms with Gasteiger partial charge in [0.05, 0.1) is 0 Å². The van der Waals surface area contributed by atoms with E-state index in [-0.39, 0.29) is 24.0 Å². The minimum Gasteiger partial charge on any atom is -0.440 e. The maximum absolute atomic E-state index is 12.2. The van der Waals surface area contributed by atoms with Gasteiger partial charge >= 0.3 is 5.97 Å². The fourth-order valence-corrected chi connectivity index (χ4v) is 3.85. The molecule has 140 valence electrons. The van der Waals surface area contributed by atoms with Gasteiger partial charge in [0.15, 0.2) is 6.23 Å². The van der Waals surface area contributed by atoms with E-state index in [1.165, 1.54) is 38.5 Å². The molecule has 1 aliphatic rings. The Balaban J connectivity index is 2.42. The van der Waals surface area contributed by atoms with Crippen molar-refractivity contribution in [2.75, 3.05) is 12.0 Å². The molecule has 1 amide bonds. The monoisotopic (exact) mass is 357 g/mol. The van der Waals surface area contributed by atoms with Gasteiger partial charge < -0.3 is 4.74 Å². The van der Waals surface area contributed by atoms with Crippen molar-refractivity contribution in [2.24, 2.45) is 5.92 Å². The smallest absolute Gasteiger partial charge is 0.330 e. The van der Waals surface area contributed by atoms with Gasteiger partial charge in [-0.2, -0.15) is 11.8 Å². The lowest BCUT2D eigenvalue weighted by Crippen LogP contribution is -2.44. The second-order valence-electron chi connectivity index (χ2n) is 6.94. The molecule has 2 unspecified atom stereocenters. The van der Waals surface area contributed by atoms with E-state index < -0.39 is 6.04 Å². The van der Waals surface area contributed by atoms with Crippen LogP contribution in [0.5, 0.6) is 0 Å². The summed E-state index contributed by atoms with van der Waals surface area (Å²) in [4.78, 5) is 25.9. The molecule has 1 rings (SSSR count). The summed E-state index contributed by atoms with van der Waals surface area (Å²) in [7, 11) is 0. The summed E-state index contributed by atoms with van der Waals surface area (Å²) in [5.41, 5.74) is 0. The summed E-state index contributed by atoms with van der Waals surface area (Å²) in [6.07, 6.45) is 12.2. The number of rotatable bonds is 12. The van der Waals surface area contributed by atoms with Crippen molar-refractivity contribution >= 4 is 23.6 Å². The molecule has 0 saturated carbocycles. The standard InChI is InChI=1S/C19H35NO3S/c1-5-6-7-8-9-10-11-12-15(2)18-20(16(3)21)17(13-14-24-4)19(22)23-18/h15,17-18H,5-14H2,1-4H3/t15?,17-,18?/m0/s1. The second-order valence-corrected chi connectivity index (χ2v) is 7.92. The van der Waals surface area contributed by atoms with Crippen molar-refractivity contribution in [3.8, 4) is 0 Å². The highest BCUT2D eigenvalue weighted by Gasteiger charge is 2.45. The van der Waals surface area contributed by atoms with Gasteiger partial charge in [-0.15, -0.1) is 0 Å². The van der Waals surface area contributed by atoms with Gasteiger partial charge in [-0.1, -0.05) is 58.8 Å². The molecule has 0 aromatic carbocycles. The molecule has 1 heterocycles. The van der Waals surface area contributed by atoms with E-state index in [2.05, 4.69) is 13.8 Å². The summed E-state index contributed by atoms with van der Waals surface area (Å²) >= 11 is 1.69. The van der Waals surface area contributed by atoms with Crippen molar-refractivity contribution < 1.29 is 14.3 Å². The highest BCUT2D eigenvalue weighted by atomic mass is 32.2. The van der Waals surface area contributed by atoms with Crippen molar-refractivity contribution in [3.63, 3.8) is 0 Å². The first kappa shape index (κ1) is 21.3. The van der Waals surface area contributed by atoms with Gasteiger partial charge in [-0.3, -0.25) is 9.69 Å². The lowest BCUT2D eigenvalue weighted by molar-refractivity contribution is -0.146. The fourth-order valence-electron chi connectivity index (χ4n) is 3.39. The molecule has 4 nitrogen and oxygen atoms in total. The zero-order valence-corrected chi connectivity index (χ0v) is 16.7.